The Balaban J connectivity index is 1.48. The van der Waals surface area contributed by atoms with Crippen LogP contribution >= 0.6 is 0 Å². The lowest BCUT2D eigenvalue weighted by atomic mass is 9.91. The second-order valence-corrected chi connectivity index (χ2v) is 7.43. The molecule has 3 rings (SSSR count). The number of piperidine rings is 1. The zero-order chi connectivity index (χ0) is 19.1. The van der Waals surface area contributed by atoms with Crippen LogP contribution in [0.3, 0.4) is 0 Å². The van der Waals surface area contributed by atoms with Gasteiger partial charge in [0.05, 0.1) is 0 Å². The van der Waals surface area contributed by atoms with Crippen molar-refractivity contribution in [2.45, 2.75) is 44.8 Å². The van der Waals surface area contributed by atoms with Gasteiger partial charge in [-0.3, -0.25) is 9.78 Å². The summed E-state index contributed by atoms with van der Waals surface area (Å²) < 4.78 is 0. The summed E-state index contributed by atoms with van der Waals surface area (Å²) in [5.74, 6) is -0.139. The predicted octanol–water partition coefficient (Wildman–Crippen LogP) is 2.47. The molecule has 1 fully saturated rings. The van der Waals surface area contributed by atoms with Crippen molar-refractivity contribution in [2.24, 2.45) is 0 Å². The summed E-state index contributed by atoms with van der Waals surface area (Å²) in [5, 5.41) is 14.1. The lowest BCUT2D eigenvalue weighted by molar-refractivity contribution is -0.156. The second-order valence-electron chi connectivity index (χ2n) is 7.43. The van der Waals surface area contributed by atoms with Gasteiger partial charge < -0.3 is 15.3 Å². The Morgan fingerprint density at radius 1 is 1.22 bits per heavy atom. The lowest BCUT2D eigenvalue weighted by Crippen LogP contribution is -2.58. The van der Waals surface area contributed by atoms with Crippen LogP contribution in [0.5, 0.6) is 0 Å². The molecule has 2 heterocycles. The summed E-state index contributed by atoms with van der Waals surface area (Å²) in [6.45, 7) is 4.28. The van der Waals surface area contributed by atoms with Crippen molar-refractivity contribution in [1.82, 2.24) is 15.2 Å². The van der Waals surface area contributed by atoms with Crippen molar-refractivity contribution in [1.29, 1.82) is 0 Å². The summed E-state index contributed by atoms with van der Waals surface area (Å²) in [6.07, 6.45) is 4.99. The van der Waals surface area contributed by atoms with Crippen molar-refractivity contribution in [3.8, 4) is 0 Å². The molecule has 5 heteroatoms. The normalized spacial score (nSPS) is 20.1. The summed E-state index contributed by atoms with van der Waals surface area (Å²) in [6, 6.07) is 14.3. The zero-order valence-electron chi connectivity index (χ0n) is 16.0. The molecule has 1 aromatic heterocycles. The molecule has 2 aromatic rings. The minimum absolute atomic E-state index is 0.139. The lowest BCUT2D eigenvalue weighted by Gasteiger charge is -2.38. The fraction of sp³-hybridized carbons (Fsp3) is 0.455. The summed E-state index contributed by atoms with van der Waals surface area (Å²) >= 11 is 0. The molecule has 5 nitrogen and oxygen atoms in total. The molecular formula is C22H29N3O2. The molecule has 1 atom stereocenters. The third-order valence-corrected chi connectivity index (χ3v) is 5.15. The molecule has 144 valence electrons. The Bertz CT molecular complexity index is 750. The van der Waals surface area contributed by atoms with Gasteiger partial charge in [0.15, 0.2) is 5.60 Å². The zero-order valence-corrected chi connectivity index (χ0v) is 16.0. The monoisotopic (exact) mass is 367 g/mol. The number of pyridine rings is 1. The second kappa shape index (κ2) is 9.11. The number of hydrogen-bond acceptors (Lipinski definition) is 4. The Morgan fingerprint density at radius 3 is 2.81 bits per heavy atom. The van der Waals surface area contributed by atoms with Crippen LogP contribution in [0.1, 0.15) is 36.1 Å². The van der Waals surface area contributed by atoms with Gasteiger partial charge in [-0.1, -0.05) is 30.3 Å². The van der Waals surface area contributed by atoms with Gasteiger partial charge in [0.2, 0.25) is 0 Å². The Hall–Kier alpha value is -2.24. The highest BCUT2D eigenvalue weighted by Gasteiger charge is 2.41. The van der Waals surface area contributed by atoms with Crippen LogP contribution in [0.2, 0.25) is 0 Å². The number of aliphatic hydroxyl groups is 1. The van der Waals surface area contributed by atoms with E-state index in [1.807, 2.05) is 42.2 Å². The van der Waals surface area contributed by atoms with Crippen molar-refractivity contribution in [3.05, 3.63) is 65.5 Å². The van der Waals surface area contributed by atoms with Gasteiger partial charge in [-0.2, -0.15) is 0 Å². The SMILES string of the molecule is Cc1cc(CNCC2(O)CCCN(CCCc3ccccc3)C2=O)ccn1. The third kappa shape index (κ3) is 5.37. The predicted molar refractivity (Wildman–Crippen MR) is 106 cm³/mol. The smallest absolute Gasteiger partial charge is 0.255 e. The largest absolute Gasteiger partial charge is 0.379 e. The maximum atomic E-state index is 12.8. The molecule has 1 aliphatic heterocycles. The molecule has 27 heavy (non-hydrogen) atoms. The number of aryl methyl sites for hydroxylation is 2. The first kappa shape index (κ1) is 19.5. The molecular weight excluding hydrogens is 338 g/mol. The number of hydrogen-bond donors (Lipinski definition) is 2. The summed E-state index contributed by atoms with van der Waals surface area (Å²) in [5.41, 5.74) is 2.06. The Morgan fingerprint density at radius 2 is 2.04 bits per heavy atom. The maximum absolute atomic E-state index is 12.8. The van der Waals surface area contributed by atoms with E-state index in [0.717, 1.165) is 37.1 Å². The number of likely N-dealkylation sites (tertiary alicyclic amines) is 1. The number of aromatic nitrogens is 1. The summed E-state index contributed by atoms with van der Waals surface area (Å²) in [7, 11) is 0. The topological polar surface area (TPSA) is 65.5 Å². The molecule has 1 aliphatic rings. The molecule has 1 amide bonds. The average Bonchev–Trinajstić information content (AvgIpc) is 2.66. The quantitative estimate of drug-likeness (QED) is 0.752. The Kier molecular flexibility index (Phi) is 6.58. The molecule has 0 spiro atoms. The highest BCUT2D eigenvalue weighted by molar-refractivity contribution is 5.86. The fourth-order valence-corrected chi connectivity index (χ4v) is 3.69. The molecule has 2 N–H and O–H groups in total. The highest BCUT2D eigenvalue weighted by atomic mass is 16.3. The minimum Gasteiger partial charge on any atom is -0.379 e. The van der Waals surface area contributed by atoms with E-state index in [9.17, 15) is 9.90 Å². The number of rotatable bonds is 8. The number of carbonyl (C=O) groups is 1. The van der Waals surface area contributed by atoms with E-state index in [1.165, 1.54) is 5.56 Å². The van der Waals surface area contributed by atoms with Gasteiger partial charge >= 0.3 is 0 Å². The van der Waals surface area contributed by atoms with Gasteiger partial charge in [0.1, 0.15) is 0 Å². The van der Waals surface area contributed by atoms with Gasteiger partial charge in [-0.25, -0.2) is 0 Å². The first-order valence-corrected chi connectivity index (χ1v) is 9.75. The van der Waals surface area contributed by atoms with Gasteiger partial charge in [-0.05, 0) is 55.9 Å². The van der Waals surface area contributed by atoms with Crippen molar-refractivity contribution >= 4 is 5.91 Å². The van der Waals surface area contributed by atoms with E-state index >= 15 is 0 Å². The van der Waals surface area contributed by atoms with Crippen LogP contribution in [0, 0.1) is 6.92 Å². The van der Waals surface area contributed by atoms with E-state index in [2.05, 4.69) is 22.4 Å². The van der Waals surface area contributed by atoms with Crippen LogP contribution in [0.25, 0.3) is 0 Å². The number of benzene rings is 1. The highest BCUT2D eigenvalue weighted by Crippen LogP contribution is 2.23. The first-order valence-electron chi connectivity index (χ1n) is 9.75. The first-order chi connectivity index (χ1) is 13.1. The molecule has 0 aliphatic carbocycles. The van der Waals surface area contributed by atoms with Crippen LogP contribution < -0.4 is 5.32 Å². The van der Waals surface area contributed by atoms with E-state index in [0.29, 0.717) is 19.5 Å². The molecule has 1 unspecified atom stereocenters. The van der Waals surface area contributed by atoms with E-state index in [-0.39, 0.29) is 12.5 Å². The van der Waals surface area contributed by atoms with Gasteiger partial charge in [0.25, 0.3) is 5.91 Å². The minimum atomic E-state index is -1.30. The summed E-state index contributed by atoms with van der Waals surface area (Å²) in [4.78, 5) is 18.8. The maximum Gasteiger partial charge on any atom is 0.255 e. The van der Waals surface area contributed by atoms with E-state index in [1.54, 1.807) is 6.20 Å². The van der Waals surface area contributed by atoms with Crippen LogP contribution in [0.15, 0.2) is 48.7 Å². The fourth-order valence-electron chi connectivity index (χ4n) is 3.69. The van der Waals surface area contributed by atoms with Crippen molar-refractivity contribution < 1.29 is 9.90 Å². The van der Waals surface area contributed by atoms with Crippen LogP contribution in [-0.4, -0.2) is 46.1 Å². The molecule has 0 bridgehead atoms. The van der Waals surface area contributed by atoms with Gasteiger partial charge in [-0.15, -0.1) is 0 Å². The van der Waals surface area contributed by atoms with E-state index < -0.39 is 5.60 Å². The number of amides is 1. The van der Waals surface area contributed by atoms with Crippen molar-refractivity contribution in [2.75, 3.05) is 19.6 Å². The molecule has 1 aromatic carbocycles. The van der Waals surface area contributed by atoms with Crippen LogP contribution in [-0.2, 0) is 17.8 Å². The van der Waals surface area contributed by atoms with E-state index in [4.69, 9.17) is 0 Å². The van der Waals surface area contributed by atoms with Crippen LogP contribution in [0.4, 0.5) is 0 Å². The molecule has 1 saturated heterocycles. The number of nitrogens with zero attached hydrogens (tertiary/aromatic N) is 2. The number of nitrogens with one attached hydrogen (secondary N) is 1. The number of carbonyl (C=O) groups excluding carboxylic acids is 1. The average molecular weight is 367 g/mol. The standard InChI is InChI=1S/C22H29N3O2/c1-18-15-20(10-12-24-18)16-23-17-22(27)11-6-14-25(21(22)26)13-5-9-19-7-3-2-4-8-19/h2-4,7-8,10,12,15,23,27H,5-6,9,11,13-14,16-17H2,1H3. The molecule has 0 saturated carbocycles. The third-order valence-electron chi connectivity index (χ3n) is 5.15. The Labute approximate surface area is 161 Å². The van der Waals surface area contributed by atoms with Crippen molar-refractivity contribution in [3.63, 3.8) is 0 Å². The van der Waals surface area contributed by atoms with Gasteiger partial charge in [0, 0.05) is 38.1 Å². The molecule has 0 radical (unpaired) electrons.